The fraction of sp³-hybridized carbons (Fsp3) is 0.500. The summed E-state index contributed by atoms with van der Waals surface area (Å²) in [5.74, 6) is -0.389. The normalized spacial score (nSPS) is 10.2. The number of amides is 1. The minimum Gasteiger partial charge on any atom is -0.393 e. The zero-order valence-electron chi connectivity index (χ0n) is 9.90. The molecule has 0 spiro atoms. The second kappa shape index (κ2) is 5.33. The quantitative estimate of drug-likeness (QED) is 0.686. The van der Waals surface area contributed by atoms with Crippen LogP contribution in [0.2, 0.25) is 0 Å². The van der Waals surface area contributed by atoms with E-state index in [9.17, 15) is 14.4 Å². The first-order valence-corrected chi connectivity index (χ1v) is 5.37. The van der Waals surface area contributed by atoms with Crippen molar-refractivity contribution in [3.63, 3.8) is 0 Å². The van der Waals surface area contributed by atoms with E-state index in [1.807, 2.05) is 0 Å². The molecule has 17 heavy (non-hydrogen) atoms. The van der Waals surface area contributed by atoms with Gasteiger partial charge in [0.1, 0.15) is 12.2 Å². The Bertz CT molecular complexity index is 529. The smallest absolute Gasteiger partial charge is 0.331 e. The predicted molar refractivity (Wildman–Crippen MR) is 63.7 cm³/mol. The number of carbonyl (C=O) groups is 1. The summed E-state index contributed by atoms with van der Waals surface area (Å²) in [5, 5.41) is 2.52. The number of nitrogens with zero attached hydrogens (tertiary/aromatic N) is 2. The maximum atomic E-state index is 11.8. The van der Waals surface area contributed by atoms with Gasteiger partial charge in [0.2, 0.25) is 5.91 Å². The summed E-state index contributed by atoms with van der Waals surface area (Å²) >= 11 is 0. The van der Waals surface area contributed by atoms with Crippen molar-refractivity contribution < 1.29 is 4.79 Å². The maximum Gasteiger partial charge on any atom is 0.331 e. The second-order valence-electron chi connectivity index (χ2n) is 3.50. The number of aryl methyl sites for hydroxylation is 1. The summed E-state index contributed by atoms with van der Waals surface area (Å²) in [6.45, 7) is 4.03. The molecule has 0 aliphatic rings. The van der Waals surface area contributed by atoms with E-state index in [0.29, 0.717) is 13.1 Å². The Morgan fingerprint density at radius 3 is 2.59 bits per heavy atom. The first-order chi connectivity index (χ1) is 8.01. The third-order valence-corrected chi connectivity index (χ3v) is 2.28. The lowest BCUT2D eigenvalue weighted by atomic mass is 10.4. The van der Waals surface area contributed by atoms with E-state index in [1.54, 1.807) is 13.8 Å². The summed E-state index contributed by atoms with van der Waals surface area (Å²) < 4.78 is 2.12. The van der Waals surface area contributed by atoms with Crippen molar-refractivity contribution in [3.05, 3.63) is 27.0 Å². The summed E-state index contributed by atoms with van der Waals surface area (Å²) in [7, 11) is 0. The molecule has 94 valence electrons. The van der Waals surface area contributed by atoms with E-state index in [2.05, 4.69) is 5.32 Å². The van der Waals surface area contributed by atoms with Crippen molar-refractivity contribution in [2.24, 2.45) is 0 Å². The molecule has 0 aliphatic heterocycles. The summed E-state index contributed by atoms with van der Waals surface area (Å²) in [6.07, 6.45) is 1.29. The third kappa shape index (κ3) is 2.74. The zero-order chi connectivity index (χ0) is 13.0. The van der Waals surface area contributed by atoms with Gasteiger partial charge in [0, 0.05) is 19.3 Å². The highest BCUT2D eigenvalue weighted by Crippen LogP contribution is 1.89. The van der Waals surface area contributed by atoms with E-state index < -0.39 is 11.2 Å². The molecule has 0 fully saturated rings. The fourth-order valence-corrected chi connectivity index (χ4v) is 1.44. The lowest BCUT2D eigenvalue weighted by Gasteiger charge is -2.09. The molecule has 0 aliphatic carbocycles. The average molecular weight is 240 g/mol. The van der Waals surface area contributed by atoms with Gasteiger partial charge in [0.25, 0.3) is 5.56 Å². The van der Waals surface area contributed by atoms with Crippen LogP contribution >= 0.6 is 0 Å². The lowest BCUT2D eigenvalue weighted by molar-refractivity contribution is -0.121. The molecule has 1 amide bonds. The zero-order valence-corrected chi connectivity index (χ0v) is 9.90. The largest absolute Gasteiger partial charge is 0.393 e. The molecule has 1 heterocycles. The number of hydrogen-bond acceptors (Lipinski definition) is 4. The van der Waals surface area contributed by atoms with Gasteiger partial charge in [-0.05, 0) is 13.8 Å². The van der Waals surface area contributed by atoms with Crippen LogP contribution in [0.5, 0.6) is 0 Å². The minimum atomic E-state index is -0.633. The molecule has 1 rings (SSSR count). The topological polar surface area (TPSA) is 99.1 Å². The molecular formula is C10H16N4O3. The van der Waals surface area contributed by atoms with Crippen molar-refractivity contribution in [1.29, 1.82) is 0 Å². The molecule has 7 nitrogen and oxygen atoms in total. The van der Waals surface area contributed by atoms with Crippen molar-refractivity contribution in [1.82, 2.24) is 14.5 Å². The molecule has 0 atom stereocenters. The van der Waals surface area contributed by atoms with E-state index >= 15 is 0 Å². The molecule has 3 N–H and O–H groups in total. The molecule has 0 unspecified atom stereocenters. The Morgan fingerprint density at radius 2 is 2.06 bits per heavy atom. The lowest BCUT2D eigenvalue weighted by Crippen LogP contribution is -2.44. The number of hydrogen-bond donors (Lipinski definition) is 2. The van der Waals surface area contributed by atoms with Crippen LogP contribution in [0.1, 0.15) is 13.8 Å². The molecule has 1 aromatic rings. The van der Waals surface area contributed by atoms with Crippen LogP contribution in [-0.2, 0) is 17.9 Å². The van der Waals surface area contributed by atoms with Gasteiger partial charge in [-0.1, -0.05) is 0 Å². The van der Waals surface area contributed by atoms with E-state index in [1.165, 1.54) is 10.8 Å². The highest BCUT2D eigenvalue weighted by Gasteiger charge is 2.11. The third-order valence-electron chi connectivity index (χ3n) is 2.28. The van der Waals surface area contributed by atoms with Gasteiger partial charge in [-0.15, -0.1) is 0 Å². The molecule has 0 aromatic carbocycles. The van der Waals surface area contributed by atoms with Gasteiger partial charge in [-0.2, -0.15) is 0 Å². The standard InChI is InChI=1S/C10H16N4O3/c1-3-12-8(15)6-14-9(16)7(11)5-13(4-2)10(14)17/h5H,3-4,6,11H2,1-2H3,(H,12,15). The monoisotopic (exact) mass is 240 g/mol. The number of rotatable bonds is 4. The number of aromatic nitrogens is 2. The van der Waals surface area contributed by atoms with Crippen molar-refractivity contribution in [3.8, 4) is 0 Å². The van der Waals surface area contributed by atoms with Crippen molar-refractivity contribution in [2.45, 2.75) is 26.9 Å². The summed E-state index contributed by atoms with van der Waals surface area (Å²) in [4.78, 5) is 34.8. The number of anilines is 1. The van der Waals surface area contributed by atoms with Crippen molar-refractivity contribution >= 4 is 11.6 Å². The average Bonchev–Trinajstić information content (AvgIpc) is 2.29. The molecule has 7 heteroatoms. The molecule has 0 radical (unpaired) electrons. The summed E-state index contributed by atoms with van der Waals surface area (Å²) in [5.41, 5.74) is 4.28. The van der Waals surface area contributed by atoms with Crippen LogP contribution in [0, 0.1) is 0 Å². The van der Waals surface area contributed by atoms with Gasteiger partial charge in [0.05, 0.1) is 0 Å². The van der Waals surface area contributed by atoms with Crippen LogP contribution in [0.15, 0.2) is 15.8 Å². The Labute approximate surface area is 97.9 Å². The number of carbonyl (C=O) groups excluding carboxylic acids is 1. The molecule has 1 aromatic heterocycles. The van der Waals surface area contributed by atoms with Crippen LogP contribution in [0.25, 0.3) is 0 Å². The first-order valence-electron chi connectivity index (χ1n) is 5.37. The highest BCUT2D eigenvalue weighted by atomic mass is 16.2. The first kappa shape index (κ1) is 13.0. The molecule has 0 saturated carbocycles. The van der Waals surface area contributed by atoms with E-state index in [-0.39, 0.29) is 18.1 Å². The van der Waals surface area contributed by atoms with E-state index in [0.717, 1.165) is 4.57 Å². The minimum absolute atomic E-state index is 0.0456. The Balaban J connectivity index is 3.23. The Hall–Kier alpha value is -2.05. The molecule has 0 bridgehead atoms. The van der Waals surface area contributed by atoms with Crippen LogP contribution in [0.4, 0.5) is 5.69 Å². The maximum absolute atomic E-state index is 11.8. The molecular weight excluding hydrogens is 224 g/mol. The summed E-state index contributed by atoms with van der Waals surface area (Å²) in [6, 6.07) is 0. The Morgan fingerprint density at radius 1 is 1.41 bits per heavy atom. The number of nitrogens with one attached hydrogen (secondary N) is 1. The SMILES string of the molecule is CCNC(=O)Cn1c(=O)c(N)cn(CC)c1=O. The number of likely N-dealkylation sites (N-methyl/N-ethyl adjacent to an activating group) is 1. The van der Waals surface area contributed by atoms with Crippen LogP contribution in [-0.4, -0.2) is 21.6 Å². The van der Waals surface area contributed by atoms with Gasteiger partial charge in [-0.3, -0.25) is 14.2 Å². The van der Waals surface area contributed by atoms with E-state index in [4.69, 9.17) is 5.73 Å². The number of nitrogens with two attached hydrogens (primary N) is 1. The van der Waals surface area contributed by atoms with Gasteiger partial charge < -0.3 is 11.1 Å². The van der Waals surface area contributed by atoms with Crippen LogP contribution < -0.4 is 22.3 Å². The highest BCUT2D eigenvalue weighted by molar-refractivity contribution is 5.75. The van der Waals surface area contributed by atoms with Crippen molar-refractivity contribution in [2.75, 3.05) is 12.3 Å². The van der Waals surface area contributed by atoms with Gasteiger partial charge >= 0.3 is 5.69 Å². The second-order valence-corrected chi connectivity index (χ2v) is 3.50. The fourth-order valence-electron chi connectivity index (χ4n) is 1.44. The Kier molecular flexibility index (Phi) is 4.08. The van der Waals surface area contributed by atoms with Gasteiger partial charge in [0.15, 0.2) is 0 Å². The van der Waals surface area contributed by atoms with Crippen LogP contribution in [0.3, 0.4) is 0 Å². The molecule has 0 saturated heterocycles. The number of nitrogen functional groups attached to an aromatic ring is 1. The predicted octanol–water partition coefficient (Wildman–Crippen LogP) is -1.25. The van der Waals surface area contributed by atoms with Gasteiger partial charge in [-0.25, -0.2) is 9.36 Å².